The summed E-state index contributed by atoms with van der Waals surface area (Å²) < 4.78 is 16.9. The highest BCUT2D eigenvalue weighted by atomic mass is 16.5. The SMILES string of the molecule is CC.CCOCCOC(C)(C)c1cc(-c2cc(C(C)(C)C)c(O)c(C(C)(C)C)c2)no1. The fraction of sp³-hybridized carbons (Fsp3) is 0.654. The van der Waals surface area contributed by atoms with Crippen LogP contribution in [0.25, 0.3) is 11.3 Å². The number of hydrogen-bond donors (Lipinski definition) is 1. The predicted molar refractivity (Wildman–Crippen MR) is 128 cm³/mol. The minimum absolute atomic E-state index is 0.200. The molecule has 0 saturated carbocycles. The van der Waals surface area contributed by atoms with Crippen molar-refractivity contribution in [3.63, 3.8) is 0 Å². The third kappa shape index (κ3) is 7.08. The monoisotopic (exact) mass is 433 g/mol. The Labute approximate surface area is 189 Å². The van der Waals surface area contributed by atoms with E-state index < -0.39 is 5.60 Å². The molecule has 176 valence electrons. The Balaban J connectivity index is 0.00000233. The van der Waals surface area contributed by atoms with Gasteiger partial charge in [0.2, 0.25) is 0 Å². The number of rotatable bonds is 7. The molecule has 0 radical (unpaired) electrons. The van der Waals surface area contributed by atoms with Gasteiger partial charge in [-0.1, -0.05) is 60.5 Å². The zero-order chi connectivity index (χ0) is 24.0. The highest BCUT2D eigenvalue weighted by Crippen LogP contribution is 2.42. The first kappa shape index (κ1) is 27.2. The van der Waals surface area contributed by atoms with E-state index in [2.05, 4.69) is 46.7 Å². The number of nitrogens with zero attached hydrogens (tertiary/aromatic N) is 1. The minimum atomic E-state index is -0.612. The van der Waals surface area contributed by atoms with Crippen LogP contribution in [0.3, 0.4) is 0 Å². The lowest BCUT2D eigenvalue weighted by atomic mass is 9.78. The van der Waals surface area contributed by atoms with Gasteiger partial charge in [0.1, 0.15) is 17.0 Å². The molecule has 0 bridgehead atoms. The number of phenols is 1. The molecule has 0 saturated heterocycles. The largest absolute Gasteiger partial charge is 0.507 e. The van der Waals surface area contributed by atoms with Gasteiger partial charge in [0, 0.05) is 29.4 Å². The molecule has 0 atom stereocenters. The van der Waals surface area contributed by atoms with Crippen LogP contribution < -0.4 is 0 Å². The highest BCUT2D eigenvalue weighted by Gasteiger charge is 2.30. The number of phenolic OH excluding ortho intramolecular Hbond substituents is 1. The van der Waals surface area contributed by atoms with Crippen LogP contribution in [0.15, 0.2) is 22.7 Å². The van der Waals surface area contributed by atoms with Gasteiger partial charge in [-0.3, -0.25) is 0 Å². The van der Waals surface area contributed by atoms with Gasteiger partial charge in [0.15, 0.2) is 5.76 Å². The van der Waals surface area contributed by atoms with Gasteiger partial charge in [-0.2, -0.15) is 0 Å². The molecule has 2 aromatic rings. The summed E-state index contributed by atoms with van der Waals surface area (Å²) in [6.07, 6.45) is 0. The molecule has 2 rings (SSSR count). The van der Waals surface area contributed by atoms with Crippen LogP contribution in [0.4, 0.5) is 0 Å². The quantitative estimate of drug-likeness (QED) is 0.478. The first-order chi connectivity index (χ1) is 14.3. The zero-order valence-electron chi connectivity index (χ0n) is 21.5. The van der Waals surface area contributed by atoms with Crippen LogP contribution >= 0.6 is 0 Å². The molecule has 1 heterocycles. The van der Waals surface area contributed by atoms with Gasteiger partial charge in [-0.25, -0.2) is 0 Å². The second kappa shape index (κ2) is 10.6. The van der Waals surface area contributed by atoms with Crippen molar-refractivity contribution >= 4 is 0 Å². The van der Waals surface area contributed by atoms with Crippen LogP contribution in [0.5, 0.6) is 5.75 Å². The van der Waals surface area contributed by atoms with Crippen molar-refractivity contribution in [2.45, 2.75) is 92.6 Å². The van der Waals surface area contributed by atoms with Gasteiger partial charge in [-0.05, 0) is 43.7 Å². The van der Waals surface area contributed by atoms with Crippen LogP contribution in [0, 0.1) is 0 Å². The fourth-order valence-corrected chi connectivity index (χ4v) is 3.19. The summed E-state index contributed by atoms with van der Waals surface area (Å²) in [5, 5.41) is 15.2. The van der Waals surface area contributed by atoms with Crippen LogP contribution in [-0.4, -0.2) is 30.1 Å². The second-order valence-corrected chi connectivity index (χ2v) is 10.1. The summed E-state index contributed by atoms with van der Waals surface area (Å²) in [4.78, 5) is 0. The molecule has 31 heavy (non-hydrogen) atoms. The Kier molecular flexibility index (Phi) is 9.33. The summed E-state index contributed by atoms with van der Waals surface area (Å²) in [5.41, 5.74) is 2.45. The average molecular weight is 434 g/mol. The van der Waals surface area contributed by atoms with E-state index in [1.165, 1.54) is 0 Å². The molecule has 0 fully saturated rings. The number of aromatic nitrogens is 1. The molecule has 0 amide bonds. The molecule has 0 unspecified atom stereocenters. The van der Waals surface area contributed by atoms with Crippen LogP contribution in [0.2, 0.25) is 0 Å². The highest BCUT2D eigenvalue weighted by molar-refractivity contribution is 5.66. The number of aromatic hydroxyl groups is 1. The van der Waals surface area contributed by atoms with E-state index in [1.54, 1.807) is 0 Å². The Morgan fingerprint density at radius 3 is 1.84 bits per heavy atom. The van der Waals surface area contributed by atoms with Crippen molar-refractivity contribution in [2.24, 2.45) is 0 Å². The zero-order valence-corrected chi connectivity index (χ0v) is 21.5. The molecule has 0 spiro atoms. The molecule has 0 aliphatic heterocycles. The average Bonchev–Trinajstić information content (AvgIpc) is 3.16. The maximum atomic E-state index is 10.9. The van der Waals surface area contributed by atoms with Crippen molar-refractivity contribution in [3.05, 3.63) is 35.1 Å². The summed E-state index contributed by atoms with van der Waals surface area (Å²) in [7, 11) is 0. The molecular formula is C26H43NO4. The molecule has 5 heteroatoms. The topological polar surface area (TPSA) is 64.7 Å². The normalized spacial score (nSPS) is 12.5. The minimum Gasteiger partial charge on any atom is -0.507 e. The Hall–Kier alpha value is -1.85. The van der Waals surface area contributed by atoms with E-state index in [4.69, 9.17) is 14.0 Å². The Morgan fingerprint density at radius 2 is 1.39 bits per heavy atom. The molecule has 1 aromatic heterocycles. The molecule has 5 nitrogen and oxygen atoms in total. The summed E-state index contributed by atoms with van der Waals surface area (Å²) in [5.74, 6) is 1.02. The second-order valence-electron chi connectivity index (χ2n) is 10.1. The maximum absolute atomic E-state index is 10.9. The summed E-state index contributed by atoms with van der Waals surface area (Å²) >= 11 is 0. The van der Waals surface area contributed by atoms with Crippen LogP contribution in [0.1, 0.15) is 93.0 Å². The lowest BCUT2D eigenvalue weighted by molar-refractivity contribution is -0.0622. The van der Waals surface area contributed by atoms with Crippen molar-refractivity contribution in [1.29, 1.82) is 0 Å². The molecule has 1 aromatic carbocycles. The third-order valence-corrected chi connectivity index (χ3v) is 5.02. The van der Waals surface area contributed by atoms with E-state index in [0.29, 0.717) is 31.3 Å². The van der Waals surface area contributed by atoms with E-state index in [9.17, 15) is 5.11 Å². The van der Waals surface area contributed by atoms with Gasteiger partial charge >= 0.3 is 0 Å². The van der Waals surface area contributed by atoms with Gasteiger partial charge in [0.05, 0.1) is 13.2 Å². The van der Waals surface area contributed by atoms with Crippen LogP contribution in [-0.2, 0) is 25.9 Å². The van der Waals surface area contributed by atoms with Crippen molar-refractivity contribution in [1.82, 2.24) is 5.16 Å². The summed E-state index contributed by atoms with van der Waals surface area (Å²) in [6, 6.07) is 5.94. The van der Waals surface area contributed by atoms with Gasteiger partial charge in [-0.15, -0.1) is 0 Å². The van der Waals surface area contributed by atoms with E-state index >= 15 is 0 Å². The summed E-state index contributed by atoms with van der Waals surface area (Å²) in [6.45, 7) is 24.2. The molecule has 0 aliphatic rings. The number of hydrogen-bond acceptors (Lipinski definition) is 5. The van der Waals surface area contributed by atoms with Gasteiger partial charge in [0.25, 0.3) is 0 Å². The first-order valence-corrected chi connectivity index (χ1v) is 11.3. The van der Waals surface area contributed by atoms with Gasteiger partial charge < -0.3 is 19.1 Å². The van der Waals surface area contributed by atoms with Crippen molar-refractivity contribution in [3.8, 4) is 17.0 Å². The number of benzene rings is 1. The Morgan fingerprint density at radius 1 is 0.871 bits per heavy atom. The molecule has 0 aliphatic carbocycles. The van der Waals surface area contributed by atoms with Crippen molar-refractivity contribution < 1.29 is 19.1 Å². The smallest absolute Gasteiger partial charge is 0.168 e. The molecule has 1 N–H and O–H groups in total. The van der Waals surface area contributed by atoms with E-state index in [1.807, 2.05) is 52.8 Å². The van der Waals surface area contributed by atoms with Crippen molar-refractivity contribution in [2.75, 3.05) is 19.8 Å². The standard InChI is InChI=1S/C24H37NO4.C2H6/c1-10-27-11-12-28-24(8,9)20-15-19(25-29-20)16-13-17(22(2,3)4)21(26)18(14-16)23(5,6)7;1-2/h13-15,26H,10-12H2,1-9H3;1-2H3. The fourth-order valence-electron chi connectivity index (χ4n) is 3.19. The lowest BCUT2D eigenvalue weighted by Gasteiger charge is -2.28. The molecular weight excluding hydrogens is 390 g/mol. The maximum Gasteiger partial charge on any atom is 0.168 e. The van der Waals surface area contributed by atoms with E-state index in [0.717, 1.165) is 22.4 Å². The number of ether oxygens (including phenoxy) is 2. The lowest BCUT2D eigenvalue weighted by Crippen LogP contribution is -2.23. The Bertz CT molecular complexity index is 788. The van der Waals surface area contributed by atoms with E-state index in [-0.39, 0.29) is 10.8 Å². The third-order valence-electron chi connectivity index (χ3n) is 5.02. The first-order valence-electron chi connectivity index (χ1n) is 11.3. The predicted octanol–water partition coefficient (Wildman–Crippen LogP) is 6.96.